The first-order chi connectivity index (χ1) is 14.1. The smallest absolute Gasteiger partial charge is 0.306 e. The number of hydrogen-bond donors (Lipinski definition) is 1. The van der Waals surface area contributed by atoms with E-state index in [1.165, 1.54) is 32.1 Å². The van der Waals surface area contributed by atoms with Gasteiger partial charge in [-0.1, -0.05) is 13.8 Å². The summed E-state index contributed by atoms with van der Waals surface area (Å²) in [6.07, 6.45) is 9.82. The van der Waals surface area contributed by atoms with Crippen LogP contribution in [-0.2, 0) is 19.1 Å². The maximum absolute atomic E-state index is 12.3. The quantitative estimate of drug-likeness (QED) is 0.635. The zero-order valence-corrected chi connectivity index (χ0v) is 18.8. The van der Waals surface area contributed by atoms with Crippen molar-refractivity contribution in [2.75, 3.05) is 0 Å². The third-order valence-electron chi connectivity index (χ3n) is 9.95. The molecule has 0 spiro atoms. The average Bonchev–Trinajstić information content (AvgIpc) is 3.04. The molecule has 0 heterocycles. The van der Waals surface area contributed by atoms with Gasteiger partial charge < -0.3 is 9.84 Å². The lowest BCUT2D eigenvalue weighted by molar-refractivity contribution is -0.164. The number of carbonyl (C=O) groups excluding carboxylic acids is 2. The van der Waals surface area contributed by atoms with Gasteiger partial charge in [0.2, 0.25) is 0 Å². The van der Waals surface area contributed by atoms with Crippen molar-refractivity contribution in [3.8, 4) is 0 Å². The van der Waals surface area contributed by atoms with Crippen LogP contribution in [0.25, 0.3) is 0 Å². The second kappa shape index (κ2) is 7.94. The van der Waals surface area contributed by atoms with Crippen molar-refractivity contribution in [2.45, 2.75) is 97.5 Å². The molecule has 0 aromatic heterocycles. The zero-order chi connectivity index (χ0) is 21.7. The summed E-state index contributed by atoms with van der Waals surface area (Å²) in [7, 11) is 0. The van der Waals surface area contributed by atoms with Gasteiger partial charge in [0.15, 0.2) is 0 Å². The first-order valence-electron chi connectivity index (χ1n) is 12.1. The van der Waals surface area contributed by atoms with Crippen LogP contribution in [-0.4, -0.2) is 28.9 Å². The van der Waals surface area contributed by atoms with Crippen LogP contribution in [0.3, 0.4) is 0 Å². The van der Waals surface area contributed by atoms with Gasteiger partial charge in [0.05, 0.1) is 12.8 Å². The standard InChI is InChI=1S/C25H38O5/c1-15(26)19-6-7-20-18-5-4-16-14-17(30-23(29)9-8-22(27)28)10-12-24(16,2)21(18)11-13-25(19,20)3/h16-21H,4-14H2,1-3H3,(H,27,28)/t16-,17+,18?,19?,20?,21?,24+,25-/m1/s1. The topological polar surface area (TPSA) is 80.7 Å². The van der Waals surface area contributed by atoms with E-state index in [2.05, 4.69) is 13.8 Å². The van der Waals surface area contributed by atoms with Crippen LogP contribution in [0.1, 0.15) is 91.4 Å². The maximum Gasteiger partial charge on any atom is 0.306 e. The van der Waals surface area contributed by atoms with E-state index >= 15 is 0 Å². The van der Waals surface area contributed by atoms with Crippen molar-refractivity contribution >= 4 is 17.7 Å². The van der Waals surface area contributed by atoms with Gasteiger partial charge in [-0.05, 0) is 99.2 Å². The minimum absolute atomic E-state index is 0.0317. The monoisotopic (exact) mass is 418 g/mol. The largest absolute Gasteiger partial charge is 0.481 e. The number of hydrogen-bond acceptors (Lipinski definition) is 4. The number of ether oxygens (including phenoxy) is 1. The molecule has 4 saturated carbocycles. The Balaban J connectivity index is 1.42. The van der Waals surface area contributed by atoms with Gasteiger partial charge in [-0.3, -0.25) is 14.4 Å². The molecule has 0 aromatic rings. The Kier molecular flexibility index (Phi) is 5.78. The molecular formula is C25H38O5. The molecule has 8 atom stereocenters. The van der Waals surface area contributed by atoms with Gasteiger partial charge in [0.25, 0.3) is 0 Å². The fraction of sp³-hybridized carbons (Fsp3) is 0.880. The fourth-order valence-corrected chi connectivity index (χ4v) is 8.45. The molecule has 5 nitrogen and oxygen atoms in total. The van der Waals surface area contributed by atoms with Gasteiger partial charge >= 0.3 is 11.9 Å². The molecule has 0 amide bonds. The highest BCUT2D eigenvalue weighted by Gasteiger charge is 2.60. The highest BCUT2D eigenvalue weighted by molar-refractivity contribution is 5.79. The Bertz CT molecular complexity index is 716. The number of fused-ring (bicyclic) bond motifs is 5. The molecule has 0 aromatic carbocycles. The predicted molar refractivity (Wildman–Crippen MR) is 113 cm³/mol. The van der Waals surface area contributed by atoms with Gasteiger partial charge in [-0.25, -0.2) is 0 Å². The summed E-state index contributed by atoms with van der Waals surface area (Å²) in [5, 5.41) is 8.77. The predicted octanol–water partition coefficient (Wildman–Crippen LogP) is 5.01. The highest BCUT2D eigenvalue weighted by atomic mass is 16.5. The molecule has 0 bridgehead atoms. The number of rotatable bonds is 5. The van der Waals surface area contributed by atoms with E-state index < -0.39 is 5.97 Å². The molecule has 5 heteroatoms. The van der Waals surface area contributed by atoms with Crippen molar-refractivity contribution in [3.05, 3.63) is 0 Å². The summed E-state index contributed by atoms with van der Waals surface area (Å²) >= 11 is 0. The van der Waals surface area contributed by atoms with E-state index in [1.807, 2.05) is 0 Å². The lowest BCUT2D eigenvalue weighted by atomic mass is 9.44. The Morgan fingerprint density at radius 2 is 1.60 bits per heavy atom. The SMILES string of the molecule is CC(=O)C1CCC2C3CC[C@@H]4C[C@@H](OC(=O)CCC(=O)O)CC[C@]4(C)C3CC[C@]12C. The molecule has 0 radical (unpaired) electrons. The molecule has 168 valence electrons. The molecule has 4 rings (SSSR count). The summed E-state index contributed by atoms with van der Waals surface area (Å²) < 4.78 is 5.66. The summed E-state index contributed by atoms with van der Waals surface area (Å²) in [5.41, 5.74) is 0.510. The summed E-state index contributed by atoms with van der Waals surface area (Å²) in [4.78, 5) is 35.0. The lowest BCUT2D eigenvalue weighted by Gasteiger charge is -2.61. The normalized spacial score (nSPS) is 45.0. The molecule has 4 aliphatic rings. The van der Waals surface area contributed by atoms with Crippen LogP contribution in [0.15, 0.2) is 0 Å². The van der Waals surface area contributed by atoms with Crippen LogP contribution in [0.2, 0.25) is 0 Å². The average molecular weight is 419 g/mol. The number of Topliss-reactive ketones (excluding diaryl/α,β-unsaturated/α-hetero) is 1. The van der Waals surface area contributed by atoms with Crippen molar-refractivity contribution in [3.63, 3.8) is 0 Å². The molecule has 4 unspecified atom stereocenters. The van der Waals surface area contributed by atoms with Gasteiger partial charge in [0.1, 0.15) is 11.9 Å². The van der Waals surface area contributed by atoms with Crippen molar-refractivity contribution in [1.29, 1.82) is 0 Å². The van der Waals surface area contributed by atoms with Crippen LogP contribution in [0.5, 0.6) is 0 Å². The van der Waals surface area contributed by atoms with Gasteiger partial charge in [-0.15, -0.1) is 0 Å². The van der Waals surface area contributed by atoms with E-state index in [4.69, 9.17) is 9.84 Å². The number of carboxylic acids is 1. The second-order valence-corrected chi connectivity index (χ2v) is 11.2. The first-order valence-corrected chi connectivity index (χ1v) is 12.1. The Morgan fingerprint density at radius 3 is 2.30 bits per heavy atom. The minimum atomic E-state index is -0.954. The van der Waals surface area contributed by atoms with Gasteiger partial charge in [-0.2, -0.15) is 0 Å². The van der Waals surface area contributed by atoms with Crippen molar-refractivity contribution in [2.24, 2.45) is 40.4 Å². The summed E-state index contributed by atoms with van der Waals surface area (Å²) in [6, 6.07) is 0. The molecule has 4 aliphatic carbocycles. The first kappa shape index (κ1) is 21.8. The van der Waals surface area contributed by atoms with E-state index in [-0.39, 0.29) is 36.2 Å². The molecule has 30 heavy (non-hydrogen) atoms. The number of aliphatic carboxylic acids is 1. The molecule has 0 aliphatic heterocycles. The van der Waals surface area contributed by atoms with Crippen molar-refractivity contribution in [1.82, 2.24) is 0 Å². The van der Waals surface area contributed by atoms with E-state index in [0.29, 0.717) is 23.0 Å². The van der Waals surface area contributed by atoms with Crippen LogP contribution in [0.4, 0.5) is 0 Å². The number of carbonyl (C=O) groups is 3. The van der Waals surface area contributed by atoms with E-state index in [0.717, 1.165) is 37.5 Å². The molecule has 4 fully saturated rings. The van der Waals surface area contributed by atoms with Gasteiger partial charge in [0, 0.05) is 5.92 Å². The number of ketones is 1. The zero-order valence-electron chi connectivity index (χ0n) is 18.8. The molecular weight excluding hydrogens is 380 g/mol. The lowest BCUT2D eigenvalue weighted by Crippen LogP contribution is -2.54. The van der Waals surface area contributed by atoms with Crippen molar-refractivity contribution < 1.29 is 24.2 Å². The van der Waals surface area contributed by atoms with Crippen LogP contribution < -0.4 is 0 Å². The third-order valence-corrected chi connectivity index (χ3v) is 9.95. The number of esters is 1. The van der Waals surface area contributed by atoms with Crippen LogP contribution in [0, 0.1) is 40.4 Å². The van der Waals surface area contributed by atoms with E-state index in [9.17, 15) is 14.4 Å². The maximum atomic E-state index is 12.3. The summed E-state index contributed by atoms with van der Waals surface area (Å²) in [6.45, 7) is 6.67. The Morgan fingerprint density at radius 1 is 0.900 bits per heavy atom. The summed E-state index contributed by atoms with van der Waals surface area (Å²) in [5.74, 6) is 2.07. The third kappa shape index (κ3) is 3.60. The minimum Gasteiger partial charge on any atom is -0.481 e. The van der Waals surface area contributed by atoms with E-state index in [1.54, 1.807) is 6.92 Å². The fourth-order valence-electron chi connectivity index (χ4n) is 8.45. The molecule has 0 saturated heterocycles. The Labute approximate surface area is 180 Å². The Hall–Kier alpha value is -1.39. The molecule has 1 N–H and O–H groups in total. The number of carboxylic acid groups (broad SMARTS) is 1. The second-order valence-electron chi connectivity index (χ2n) is 11.2. The highest BCUT2D eigenvalue weighted by Crippen LogP contribution is 2.67. The van der Waals surface area contributed by atoms with Crippen LogP contribution >= 0.6 is 0 Å².